The summed E-state index contributed by atoms with van der Waals surface area (Å²) in [6.45, 7) is 4.37. The van der Waals surface area contributed by atoms with Crippen LogP contribution >= 0.6 is 12.6 Å². The Balaban J connectivity index is 0. The van der Waals surface area contributed by atoms with Gasteiger partial charge in [-0.15, -0.1) is 0 Å². The van der Waals surface area contributed by atoms with Gasteiger partial charge >= 0.3 is 5.97 Å². The molecule has 0 aromatic rings. The smallest absolute Gasteiger partial charge is 0.303 e. The van der Waals surface area contributed by atoms with Crippen molar-refractivity contribution >= 4 is 18.6 Å². The molecule has 0 aliphatic heterocycles. The Morgan fingerprint density at radius 1 is 0.625 bits per heavy atom. The molecule has 2 nitrogen and oxygen atoms in total. The molecule has 3 heteroatoms. The molecule has 0 atom stereocenters. The molecule has 0 heterocycles. The largest absolute Gasteiger partial charge is 0.481 e. The van der Waals surface area contributed by atoms with Crippen LogP contribution in [0.2, 0.25) is 0 Å². The van der Waals surface area contributed by atoms with Crippen LogP contribution in [0.15, 0.2) is 0 Å². The second-order valence-electron chi connectivity index (χ2n) is 6.82. The van der Waals surface area contributed by atoms with Crippen LogP contribution in [0.1, 0.15) is 123 Å². The van der Waals surface area contributed by atoms with Crippen molar-refractivity contribution in [2.75, 3.05) is 5.75 Å². The fourth-order valence-electron chi connectivity index (χ4n) is 2.65. The van der Waals surface area contributed by atoms with Gasteiger partial charge < -0.3 is 5.11 Å². The maximum absolute atomic E-state index is 10.3. The molecule has 0 aromatic carbocycles. The Morgan fingerprint density at radius 3 is 1.17 bits per heavy atom. The normalized spacial score (nSPS) is 10.3. The summed E-state index contributed by atoms with van der Waals surface area (Å²) < 4.78 is 0. The highest BCUT2D eigenvalue weighted by Gasteiger charge is 1.97. The van der Waals surface area contributed by atoms with Crippen molar-refractivity contribution in [2.24, 2.45) is 0 Å². The van der Waals surface area contributed by atoms with Gasteiger partial charge in [-0.25, -0.2) is 0 Å². The molecule has 0 aliphatic rings. The lowest BCUT2D eigenvalue weighted by Gasteiger charge is -2.03. The summed E-state index contributed by atoms with van der Waals surface area (Å²) in [7, 11) is 0. The fourth-order valence-corrected chi connectivity index (χ4v) is 2.65. The number of thiol groups is 1. The average molecular weight is 361 g/mol. The quantitative estimate of drug-likeness (QED) is 0.206. The van der Waals surface area contributed by atoms with Crippen molar-refractivity contribution in [1.29, 1.82) is 0 Å². The molecule has 0 saturated carbocycles. The molecule has 0 amide bonds. The minimum atomic E-state index is -0.653. The first-order valence-electron chi connectivity index (χ1n) is 10.5. The van der Waals surface area contributed by atoms with Crippen LogP contribution in [0.4, 0.5) is 0 Å². The van der Waals surface area contributed by atoms with E-state index in [1.807, 2.05) is 0 Å². The number of hydrogen-bond donors (Lipinski definition) is 2. The molecular weight excluding hydrogens is 316 g/mol. The van der Waals surface area contributed by atoms with E-state index in [1.54, 1.807) is 0 Å². The van der Waals surface area contributed by atoms with Crippen LogP contribution in [0.25, 0.3) is 0 Å². The first-order chi connectivity index (χ1) is 11.7. The summed E-state index contributed by atoms with van der Waals surface area (Å²) in [6.07, 6.45) is 21.4. The van der Waals surface area contributed by atoms with E-state index in [-0.39, 0.29) is 0 Å². The van der Waals surface area contributed by atoms with Gasteiger partial charge in [0, 0.05) is 6.42 Å². The van der Waals surface area contributed by atoms with Crippen molar-refractivity contribution in [3.63, 3.8) is 0 Å². The minimum absolute atomic E-state index is 0.345. The number of rotatable bonds is 17. The maximum Gasteiger partial charge on any atom is 0.303 e. The lowest BCUT2D eigenvalue weighted by atomic mass is 10.0. The molecule has 1 N–H and O–H groups in total. The van der Waals surface area contributed by atoms with Crippen LogP contribution in [-0.4, -0.2) is 16.8 Å². The third-order valence-corrected chi connectivity index (χ3v) is 4.67. The monoisotopic (exact) mass is 360 g/mol. The fraction of sp³-hybridized carbons (Fsp3) is 0.952. The minimum Gasteiger partial charge on any atom is -0.481 e. The molecule has 24 heavy (non-hydrogen) atoms. The number of carboxylic acids is 1. The topological polar surface area (TPSA) is 37.3 Å². The standard InChI is InChI=1S/C18H36O2.C3H8S/c1-2-3-4-5-6-7-8-9-10-11-12-13-14-15-16-17-18(19)20;1-2-3-4/h2-17H2,1H3,(H,19,20);4H,2-3H2,1H3. The van der Waals surface area contributed by atoms with E-state index >= 15 is 0 Å². The predicted octanol–water partition coefficient (Wildman–Crippen LogP) is 7.66. The van der Waals surface area contributed by atoms with Crippen molar-refractivity contribution in [1.82, 2.24) is 0 Å². The molecule has 0 saturated heterocycles. The molecule has 0 aliphatic carbocycles. The summed E-state index contributed by atoms with van der Waals surface area (Å²) >= 11 is 3.92. The highest BCUT2D eigenvalue weighted by molar-refractivity contribution is 7.80. The lowest BCUT2D eigenvalue weighted by Crippen LogP contribution is -1.93. The average Bonchev–Trinajstić information content (AvgIpc) is 2.58. The molecular formula is C21H44O2S. The van der Waals surface area contributed by atoms with Crippen molar-refractivity contribution < 1.29 is 9.90 Å². The SMILES string of the molecule is CCCCCCCCCCCCCCCCCC(=O)O.CCCS. The third kappa shape index (κ3) is 29.8. The summed E-state index contributed by atoms with van der Waals surface area (Å²) in [6, 6.07) is 0. The first kappa shape index (κ1) is 26.1. The van der Waals surface area contributed by atoms with Gasteiger partial charge in [-0.05, 0) is 18.6 Å². The Bertz CT molecular complexity index is 230. The van der Waals surface area contributed by atoms with E-state index in [1.165, 1.54) is 89.9 Å². The van der Waals surface area contributed by atoms with Crippen LogP contribution in [0.3, 0.4) is 0 Å². The second-order valence-corrected chi connectivity index (χ2v) is 7.26. The summed E-state index contributed by atoms with van der Waals surface area (Å²) in [4.78, 5) is 10.3. The van der Waals surface area contributed by atoms with Crippen molar-refractivity contribution in [3.05, 3.63) is 0 Å². The Hall–Kier alpha value is -0.180. The van der Waals surface area contributed by atoms with E-state index in [0.717, 1.165) is 18.6 Å². The van der Waals surface area contributed by atoms with E-state index in [2.05, 4.69) is 26.5 Å². The van der Waals surface area contributed by atoms with E-state index in [4.69, 9.17) is 5.11 Å². The number of unbranched alkanes of at least 4 members (excludes halogenated alkanes) is 14. The Kier molecular flexibility index (Phi) is 27.2. The summed E-state index contributed by atoms with van der Waals surface area (Å²) in [5.74, 6) is 0.361. The van der Waals surface area contributed by atoms with Gasteiger partial charge in [0.15, 0.2) is 0 Å². The van der Waals surface area contributed by atoms with Crippen molar-refractivity contribution in [2.45, 2.75) is 123 Å². The Morgan fingerprint density at radius 2 is 0.917 bits per heavy atom. The maximum atomic E-state index is 10.3. The number of hydrogen-bond acceptors (Lipinski definition) is 2. The van der Waals surface area contributed by atoms with Gasteiger partial charge in [-0.3, -0.25) is 4.79 Å². The van der Waals surface area contributed by atoms with Gasteiger partial charge in [-0.2, -0.15) is 12.6 Å². The van der Waals surface area contributed by atoms with Crippen LogP contribution < -0.4 is 0 Å². The predicted molar refractivity (Wildman–Crippen MR) is 111 cm³/mol. The van der Waals surface area contributed by atoms with Gasteiger partial charge in [0.2, 0.25) is 0 Å². The molecule has 0 rings (SSSR count). The molecule has 0 aromatic heterocycles. The lowest BCUT2D eigenvalue weighted by molar-refractivity contribution is -0.137. The highest BCUT2D eigenvalue weighted by atomic mass is 32.1. The van der Waals surface area contributed by atoms with E-state index in [9.17, 15) is 4.79 Å². The number of carboxylic acid groups (broad SMARTS) is 1. The molecule has 0 unspecified atom stereocenters. The Labute approximate surface area is 157 Å². The van der Waals surface area contributed by atoms with Crippen LogP contribution in [0, 0.1) is 0 Å². The number of aliphatic carboxylic acids is 1. The summed E-state index contributed by atoms with van der Waals surface area (Å²) in [5.41, 5.74) is 0. The van der Waals surface area contributed by atoms with Gasteiger partial charge in [0.1, 0.15) is 0 Å². The van der Waals surface area contributed by atoms with Crippen molar-refractivity contribution in [3.8, 4) is 0 Å². The third-order valence-electron chi connectivity index (χ3n) is 4.22. The molecule has 146 valence electrons. The molecule has 0 bridgehead atoms. The highest BCUT2D eigenvalue weighted by Crippen LogP contribution is 2.13. The number of carbonyl (C=O) groups is 1. The second kappa shape index (κ2) is 25.1. The van der Waals surface area contributed by atoms with Crippen LogP contribution in [0.5, 0.6) is 0 Å². The molecule has 0 spiro atoms. The van der Waals surface area contributed by atoms with Crippen LogP contribution in [-0.2, 0) is 4.79 Å². The molecule has 0 fully saturated rings. The van der Waals surface area contributed by atoms with Gasteiger partial charge in [-0.1, -0.05) is 104 Å². The molecule has 0 radical (unpaired) electrons. The first-order valence-corrected chi connectivity index (χ1v) is 11.1. The zero-order valence-electron chi connectivity index (χ0n) is 16.5. The zero-order chi connectivity index (χ0) is 18.3. The van der Waals surface area contributed by atoms with E-state index < -0.39 is 5.97 Å². The van der Waals surface area contributed by atoms with Gasteiger partial charge in [0.05, 0.1) is 0 Å². The van der Waals surface area contributed by atoms with Gasteiger partial charge in [0.25, 0.3) is 0 Å². The summed E-state index contributed by atoms with van der Waals surface area (Å²) in [5, 5.41) is 8.52. The van der Waals surface area contributed by atoms with E-state index in [0.29, 0.717) is 6.42 Å². The zero-order valence-corrected chi connectivity index (χ0v) is 17.4.